The van der Waals surface area contributed by atoms with E-state index in [0.29, 0.717) is 6.20 Å². The highest BCUT2D eigenvalue weighted by Gasteiger charge is 2.38. The molecule has 0 amide bonds. The number of carbonyl (C=O) groups is 1. The van der Waals surface area contributed by atoms with Crippen molar-refractivity contribution in [3.05, 3.63) is 46.5 Å². The summed E-state index contributed by atoms with van der Waals surface area (Å²) in [6, 6.07) is 3.16. The normalized spacial score (nSPS) is 11.3. The van der Waals surface area contributed by atoms with Crippen molar-refractivity contribution in [3.8, 4) is 0 Å². The van der Waals surface area contributed by atoms with E-state index < -0.39 is 35.2 Å². The quantitative estimate of drug-likeness (QED) is 0.836. The summed E-state index contributed by atoms with van der Waals surface area (Å²) in [6.07, 6.45) is -4.45. The zero-order valence-corrected chi connectivity index (χ0v) is 11.2. The second-order valence-corrected chi connectivity index (χ2v) is 4.42. The molecule has 10 heteroatoms. The molecule has 2 N–H and O–H groups in total. The van der Waals surface area contributed by atoms with Gasteiger partial charge in [0, 0.05) is 6.20 Å². The van der Waals surface area contributed by atoms with Crippen molar-refractivity contribution in [2.45, 2.75) is 6.18 Å². The van der Waals surface area contributed by atoms with Crippen molar-refractivity contribution in [1.29, 1.82) is 0 Å². The van der Waals surface area contributed by atoms with Gasteiger partial charge in [-0.05, 0) is 18.2 Å². The number of hydrogen-bond acceptors (Lipinski definition) is 4. The van der Waals surface area contributed by atoms with Crippen molar-refractivity contribution in [3.63, 3.8) is 0 Å². The van der Waals surface area contributed by atoms with Crippen LogP contribution in [-0.4, -0.2) is 21.0 Å². The van der Waals surface area contributed by atoms with E-state index in [2.05, 4.69) is 15.3 Å². The van der Waals surface area contributed by atoms with Crippen molar-refractivity contribution >= 4 is 29.2 Å². The number of carboxylic acid groups (broad SMARTS) is 1. The Morgan fingerprint density at radius 1 is 1.32 bits per heavy atom. The fourth-order valence-electron chi connectivity index (χ4n) is 1.53. The standard InChI is InChI=1S/C12H6ClF4N3O2/c13-7-3-5(14)1-2-8(7)19-11-18-4-6(10(21)22)9(20-11)12(15,16)17/h1-4H,(H,21,22)(H,18,19,20). The second-order valence-electron chi connectivity index (χ2n) is 4.01. The molecule has 0 aliphatic heterocycles. The van der Waals surface area contributed by atoms with E-state index in [0.717, 1.165) is 12.1 Å². The van der Waals surface area contributed by atoms with Gasteiger partial charge in [0.05, 0.1) is 10.7 Å². The van der Waals surface area contributed by atoms with E-state index in [-0.39, 0.29) is 10.7 Å². The van der Waals surface area contributed by atoms with Crippen LogP contribution in [0.1, 0.15) is 16.1 Å². The summed E-state index contributed by atoms with van der Waals surface area (Å²) in [5.74, 6) is -2.96. The number of alkyl halides is 3. The van der Waals surface area contributed by atoms with Crippen LogP contribution in [0.5, 0.6) is 0 Å². The largest absolute Gasteiger partial charge is 0.478 e. The van der Waals surface area contributed by atoms with Gasteiger partial charge in [-0.25, -0.2) is 19.2 Å². The maximum absolute atomic E-state index is 12.9. The molecule has 2 rings (SSSR count). The predicted octanol–water partition coefficient (Wildman–Crippen LogP) is 3.73. The molecule has 1 aromatic heterocycles. The minimum absolute atomic E-state index is 0.0688. The Bertz CT molecular complexity index is 737. The summed E-state index contributed by atoms with van der Waals surface area (Å²) in [7, 11) is 0. The molecule has 5 nitrogen and oxygen atoms in total. The molecule has 0 spiro atoms. The first-order chi connectivity index (χ1) is 10.2. The van der Waals surface area contributed by atoms with Crippen LogP contribution in [0.3, 0.4) is 0 Å². The van der Waals surface area contributed by atoms with Crippen LogP contribution in [0.15, 0.2) is 24.4 Å². The lowest BCUT2D eigenvalue weighted by molar-refractivity contribution is -0.141. The van der Waals surface area contributed by atoms with Crippen molar-refractivity contribution in [2.24, 2.45) is 0 Å². The number of carboxylic acids is 1. The number of anilines is 2. The maximum Gasteiger partial charge on any atom is 0.434 e. The molecule has 0 bridgehead atoms. The van der Waals surface area contributed by atoms with Crippen LogP contribution in [0.2, 0.25) is 5.02 Å². The first kappa shape index (κ1) is 16.0. The van der Waals surface area contributed by atoms with Gasteiger partial charge in [-0.15, -0.1) is 0 Å². The monoisotopic (exact) mass is 335 g/mol. The number of rotatable bonds is 3. The van der Waals surface area contributed by atoms with Gasteiger partial charge in [0.1, 0.15) is 11.4 Å². The van der Waals surface area contributed by atoms with Crippen LogP contribution in [0.4, 0.5) is 29.2 Å². The predicted molar refractivity (Wildman–Crippen MR) is 68.7 cm³/mol. The minimum atomic E-state index is -4.97. The number of halogens is 5. The maximum atomic E-state index is 12.9. The van der Waals surface area contributed by atoms with Crippen molar-refractivity contribution in [2.75, 3.05) is 5.32 Å². The summed E-state index contributed by atoms with van der Waals surface area (Å²) >= 11 is 5.72. The molecule has 0 atom stereocenters. The van der Waals surface area contributed by atoms with E-state index in [1.165, 1.54) is 6.07 Å². The number of hydrogen-bond donors (Lipinski definition) is 2. The highest BCUT2D eigenvalue weighted by molar-refractivity contribution is 6.33. The number of benzene rings is 1. The minimum Gasteiger partial charge on any atom is -0.478 e. The summed E-state index contributed by atoms with van der Waals surface area (Å²) in [6.45, 7) is 0. The van der Waals surface area contributed by atoms with Crippen LogP contribution in [0.25, 0.3) is 0 Å². The lowest BCUT2D eigenvalue weighted by atomic mass is 10.2. The lowest BCUT2D eigenvalue weighted by Gasteiger charge is -2.12. The molecular weight excluding hydrogens is 330 g/mol. The zero-order chi connectivity index (χ0) is 16.5. The fraction of sp³-hybridized carbons (Fsp3) is 0.0833. The van der Waals surface area contributed by atoms with Gasteiger partial charge in [0.2, 0.25) is 5.95 Å². The molecule has 0 aliphatic carbocycles. The van der Waals surface area contributed by atoms with Gasteiger partial charge in [-0.3, -0.25) is 0 Å². The molecule has 0 saturated heterocycles. The Kier molecular flexibility index (Phi) is 4.18. The molecule has 2 aromatic rings. The number of aromatic carboxylic acids is 1. The molecule has 1 aromatic carbocycles. The lowest BCUT2D eigenvalue weighted by Crippen LogP contribution is -2.17. The Hall–Kier alpha value is -2.42. The first-order valence-corrected chi connectivity index (χ1v) is 5.96. The fourth-order valence-corrected chi connectivity index (χ4v) is 1.74. The number of aromatic nitrogens is 2. The molecule has 116 valence electrons. The van der Waals surface area contributed by atoms with Crippen LogP contribution in [-0.2, 0) is 6.18 Å². The van der Waals surface area contributed by atoms with E-state index >= 15 is 0 Å². The van der Waals surface area contributed by atoms with Crippen molar-refractivity contribution in [1.82, 2.24) is 9.97 Å². The molecule has 1 heterocycles. The van der Waals surface area contributed by atoms with E-state index in [9.17, 15) is 22.4 Å². The summed E-state index contributed by atoms with van der Waals surface area (Å²) in [5, 5.41) is 11.0. The Morgan fingerprint density at radius 3 is 2.55 bits per heavy atom. The molecular formula is C12H6ClF4N3O2. The van der Waals surface area contributed by atoms with Crippen LogP contribution in [0, 0.1) is 5.82 Å². The molecule has 0 radical (unpaired) electrons. The molecule has 22 heavy (non-hydrogen) atoms. The summed E-state index contributed by atoms with van der Waals surface area (Å²) < 4.78 is 51.3. The van der Waals surface area contributed by atoms with Crippen LogP contribution >= 0.6 is 11.6 Å². The van der Waals surface area contributed by atoms with Gasteiger partial charge < -0.3 is 10.4 Å². The highest BCUT2D eigenvalue weighted by atomic mass is 35.5. The SMILES string of the molecule is O=C(O)c1cnc(Nc2ccc(F)cc2Cl)nc1C(F)(F)F. The summed E-state index contributed by atoms with van der Waals surface area (Å²) in [5.41, 5.74) is -2.61. The Labute approximate surface area is 125 Å². The van der Waals surface area contributed by atoms with Gasteiger partial charge in [-0.1, -0.05) is 11.6 Å². The molecule has 0 saturated carbocycles. The van der Waals surface area contributed by atoms with Gasteiger partial charge >= 0.3 is 12.1 Å². The average molecular weight is 336 g/mol. The highest BCUT2D eigenvalue weighted by Crippen LogP contribution is 2.32. The Morgan fingerprint density at radius 2 is 2.00 bits per heavy atom. The number of nitrogens with one attached hydrogen (secondary N) is 1. The smallest absolute Gasteiger partial charge is 0.434 e. The topological polar surface area (TPSA) is 75.1 Å². The van der Waals surface area contributed by atoms with Gasteiger partial charge in [0.25, 0.3) is 0 Å². The van der Waals surface area contributed by atoms with E-state index in [4.69, 9.17) is 16.7 Å². The van der Waals surface area contributed by atoms with Gasteiger partial charge in [-0.2, -0.15) is 13.2 Å². The average Bonchev–Trinajstić information content (AvgIpc) is 2.40. The number of nitrogens with zero attached hydrogens (tertiary/aromatic N) is 2. The van der Waals surface area contributed by atoms with Crippen molar-refractivity contribution < 1.29 is 27.5 Å². The Balaban J connectivity index is 2.43. The molecule has 0 unspecified atom stereocenters. The van der Waals surface area contributed by atoms with Gasteiger partial charge in [0.15, 0.2) is 5.69 Å². The first-order valence-electron chi connectivity index (χ1n) is 5.58. The summed E-state index contributed by atoms with van der Waals surface area (Å²) in [4.78, 5) is 17.4. The molecule has 0 aliphatic rings. The molecule has 0 fully saturated rings. The second kappa shape index (κ2) is 5.76. The van der Waals surface area contributed by atoms with E-state index in [1.807, 2.05) is 0 Å². The van der Waals surface area contributed by atoms with Crippen LogP contribution < -0.4 is 5.32 Å². The van der Waals surface area contributed by atoms with E-state index in [1.54, 1.807) is 0 Å². The third-order valence-corrected chi connectivity index (χ3v) is 2.78. The third-order valence-electron chi connectivity index (χ3n) is 2.47. The zero-order valence-electron chi connectivity index (χ0n) is 10.4. The third kappa shape index (κ3) is 3.42.